The molecule has 7 rings (SSSR count). The fourth-order valence-electron chi connectivity index (χ4n) is 6.43. The number of fused-ring (bicyclic) bond motifs is 5. The number of benzene rings is 2. The first kappa shape index (κ1) is 21.9. The molecule has 184 valence electrons. The molecule has 4 aromatic rings. The Morgan fingerprint density at radius 1 is 1.03 bits per heavy atom. The molecule has 3 aliphatic heterocycles. The fraction of sp³-hybridized carbons (Fsp3) is 0.367. The Kier molecular flexibility index (Phi) is 4.90. The Morgan fingerprint density at radius 3 is 2.67 bits per heavy atom. The number of anilines is 1. The Bertz CT molecular complexity index is 1430. The van der Waals surface area contributed by atoms with Crippen LogP contribution in [-0.2, 0) is 6.54 Å². The van der Waals surface area contributed by atoms with Crippen molar-refractivity contribution in [3.63, 3.8) is 0 Å². The molecule has 0 aliphatic carbocycles. The lowest BCUT2D eigenvalue weighted by Crippen LogP contribution is -2.60. The van der Waals surface area contributed by atoms with E-state index in [4.69, 9.17) is 4.98 Å². The van der Waals surface area contributed by atoms with Gasteiger partial charge in [0.2, 0.25) is 0 Å². The molecule has 3 aliphatic rings. The second-order valence-corrected chi connectivity index (χ2v) is 11.0. The summed E-state index contributed by atoms with van der Waals surface area (Å²) in [5, 5.41) is 0. The van der Waals surface area contributed by atoms with E-state index in [2.05, 4.69) is 69.4 Å². The van der Waals surface area contributed by atoms with Gasteiger partial charge < -0.3 is 9.47 Å². The van der Waals surface area contributed by atoms with Gasteiger partial charge in [0.25, 0.3) is 0 Å². The normalized spacial score (nSPS) is 18.9. The number of hydrogen-bond donors (Lipinski definition) is 0. The molecule has 2 saturated heterocycles. The predicted octanol–water partition coefficient (Wildman–Crippen LogP) is 5.82. The Hall–Kier alpha value is -3.38. The predicted molar refractivity (Wildman–Crippen MR) is 142 cm³/mol. The van der Waals surface area contributed by atoms with Crippen LogP contribution in [0.5, 0.6) is 0 Å². The van der Waals surface area contributed by atoms with Crippen LogP contribution < -0.4 is 4.90 Å². The van der Waals surface area contributed by atoms with E-state index < -0.39 is 0 Å². The molecule has 0 saturated carbocycles. The number of imidazole rings is 1. The van der Waals surface area contributed by atoms with E-state index in [1.165, 1.54) is 55.0 Å². The van der Waals surface area contributed by atoms with Gasteiger partial charge in [-0.15, -0.1) is 0 Å². The monoisotopic (exact) mass is 481 g/mol. The van der Waals surface area contributed by atoms with Crippen LogP contribution in [0.15, 0.2) is 67.1 Å². The van der Waals surface area contributed by atoms with E-state index in [0.29, 0.717) is 11.5 Å². The van der Waals surface area contributed by atoms with Gasteiger partial charge in [-0.2, -0.15) is 0 Å². The molecule has 0 unspecified atom stereocenters. The van der Waals surface area contributed by atoms with Crippen molar-refractivity contribution in [1.82, 2.24) is 19.0 Å². The summed E-state index contributed by atoms with van der Waals surface area (Å²) < 4.78 is 18.0. The van der Waals surface area contributed by atoms with Crippen molar-refractivity contribution in [2.45, 2.75) is 39.3 Å². The van der Waals surface area contributed by atoms with Crippen LogP contribution in [0.3, 0.4) is 0 Å². The number of nitrogens with zero attached hydrogens (tertiary/aromatic N) is 5. The number of halogens is 1. The van der Waals surface area contributed by atoms with Gasteiger partial charge in [-0.3, -0.25) is 9.47 Å². The molecule has 0 N–H and O–H groups in total. The Labute approximate surface area is 211 Å². The summed E-state index contributed by atoms with van der Waals surface area (Å²) in [5.74, 6) is 0.726. The van der Waals surface area contributed by atoms with E-state index in [0.717, 1.165) is 42.3 Å². The third-order valence-corrected chi connectivity index (χ3v) is 8.70. The molecule has 2 aromatic heterocycles. The van der Waals surface area contributed by atoms with Gasteiger partial charge in [0.05, 0.1) is 11.4 Å². The van der Waals surface area contributed by atoms with Gasteiger partial charge >= 0.3 is 0 Å². The topological polar surface area (TPSA) is 29.2 Å². The summed E-state index contributed by atoms with van der Waals surface area (Å²) in [6.45, 7) is 10.2. The van der Waals surface area contributed by atoms with Crippen LogP contribution >= 0.6 is 0 Å². The average Bonchev–Trinajstić information content (AvgIpc) is 3.60. The lowest BCUT2D eigenvalue weighted by Gasteiger charge is -2.51. The molecule has 1 atom stereocenters. The zero-order chi connectivity index (χ0) is 24.4. The van der Waals surface area contributed by atoms with Crippen molar-refractivity contribution < 1.29 is 4.39 Å². The summed E-state index contributed by atoms with van der Waals surface area (Å²) in [6, 6.07) is 16.5. The van der Waals surface area contributed by atoms with Crippen molar-refractivity contribution in [2.24, 2.45) is 5.41 Å². The number of aromatic nitrogens is 3. The van der Waals surface area contributed by atoms with E-state index in [-0.39, 0.29) is 5.82 Å². The summed E-state index contributed by atoms with van der Waals surface area (Å²) in [5.41, 5.74) is 7.45. The first-order valence-electron chi connectivity index (χ1n) is 13.1. The summed E-state index contributed by atoms with van der Waals surface area (Å²) in [4.78, 5) is 9.95. The van der Waals surface area contributed by atoms with Crippen LogP contribution in [0.25, 0.3) is 28.3 Å². The van der Waals surface area contributed by atoms with E-state index in [1.807, 2.05) is 18.3 Å². The molecule has 36 heavy (non-hydrogen) atoms. The Balaban J connectivity index is 1.20. The van der Waals surface area contributed by atoms with Crippen molar-refractivity contribution in [2.75, 3.05) is 31.1 Å². The molecular formula is C30H32FN5. The average molecular weight is 482 g/mol. The number of likely N-dealkylation sites (tertiary alicyclic amines) is 1. The summed E-state index contributed by atoms with van der Waals surface area (Å²) in [6.07, 6.45) is 8.61. The summed E-state index contributed by atoms with van der Waals surface area (Å²) >= 11 is 0. The lowest BCUT2D eigenvalue weighted by atomic mass is 9.78. The second kappa shape index (κ2) is 8.07. The first-order chi connectivity index (χ1) is 17.5. The van der Waals surface area contributed by atoms with Crippen molar-refractivity contribution >= 4 is 5.69 Å². The Morgan fingerprint density at radius 2 is 1.86 bits per heavy atom. The highest BCUT2D eigenvalue weighted by Crippen LogP contribution is 2.43. The highest BCUT2D eigenvalue weighted by Gasteiger charge is 2.48. The van der Waals surface area contributed by atoms with E-state index >= 15 is 0 Å². The van der Waals surface area contributed by atoms with Gasteiger partial charge in [0.15, 0.2) is 5.82 Å². The van der Waals surface area contributed by atoms with Crippen LogP contribution in [0.4, 0.5) is 10.1 Å². The largest absolute Gasteiger partial charge is 0.371 e. The number of hydrogen-bond acceptors (Lipinski definition) is 3. The van der Waals surface area contributed by atoms with Gasteiger partial charge in [-0.1, -0.05) is 19.1 Å². The molecule has 2 aromatic carbocycles. The van der Waals surface area contributed by atoms with Gasteiger partial charge in [-0.25, -0.2) is 9.37 Å². The molecule has 1 spiro atoms. The quantitative estimate of drug-likeness (QED) is 0.324. The zero-order valence-corrected chi connectivity index (χ0v) is 21.0. The number of rotatable bonds is 4. The van der Waals surface area contributed by atoms with Gasteiger partial charge in [0.1, 0.15) is 5.82 Å². The molecule has 5 heterocycles. The maximum absolute atomic E-state index is 13.5. The molecular weight excluding hydrogens is 449 g/mol. The maximum atomic E-state index is 13.5. The smallest absolute Gasteiger partial charge is 0.161 e. The molecule has 0 bridgehead atoms. The molecule has 0 radical (unpaired) electrons. The van der Waals surface area contributed by atoms with Crippen LogP contribution in [0.2, 0.25) is 0 Å². The molecule has 6 heteroatoms. The van der Waals surface area contributed by atoms with Crippen LogP contribution in [-0.4, -0.2) is 51.2 Å². The van der Waals surface area contributed by atoms with Crippen LogP contribution in [0.1, 0.15) is 32.3 Å². The fourth-order valence-corrected chi connectivity index (χ4v) is 6.43. The molecule has 5 nitrogen and oxygen atoms in total. The minimum absolute atomic E-state index is 0.213. The lowest BCUT2D eigenvalue weighted by molar-refractivity contribution is -0.0120. The standard InChI is InChI=1S/C30H32FN5/c1-3-21(2)35-19-30(20-35)10-12-33(18-30)26-8-9-27-24(14-26)17-34-16-23(22-4-6-25(31)7-5-22)15-28(34)29-32-11-13-36(27)29/h4-9,11,13-16,21H,3,10,12,17-20H2,1-2H3/t21-/m1/s1. The molecule has 2 fully saturated rings. The third-order valence-electron chi connectivity index (χ3n) is 8.70. The maximum Gasteiger partial charge on any atom is 0.161 e. The molecule has 0 amide bonds. The second-order valence-electron chi connectivity index (χ2n) is 11.0. The van der Waals surface area contributed by atoms with Crippen molar-refractivity contribution in [3.8, 4) is 28.3 Å². The zero-order valence-electron chi connectivity index (χ0n) is 21.0. The van der Waals surface area contributed by atoms with Crippen molar-refractivity contribution in [1.29, 1.82) is 0 Å². The third kappa shape index (κ3) is 3.42. The SMILES string of the molecule is CC[C@@H](C)N1CC2(CCN(c3ccc4c(c3)Cn3cc(-c5ccc(F)cc5)cc3-c3nccn3-4)C2)C1. The van der Waals surface area contributed by atoms with Gasteiger partial charge in [-0.05, 0) is 67.3 Å². The highest BCUT2D eigenvalue weighted by molar-refractivity contribution is 5.72. The van der Waals surface area contributed by atoms with Crippen molar-refractivity contribution in [3.05, 3.63) is 78.5 Å². The summed E-state index contributed by atoms with van der Waals surface area (Å²) in [7, 11) is 0. The minimum atomic E-state index is -0.213. The highest BCUT2D eigenvalue weighted by atomic mass is 19.1. The van der Waals surface area contributed by atoms with E-state index in [9.17, 15) is 4.39 Å². The first-order valence-corrected chi connectivity index (χ1v) is 13.1. The minimum Gasteiger partial charge on any atom is -0.371 e. The van der Waals surface area contributed by atoms with Gasteiger partial charge in [0, 0.05) is 74.0 Å². The van der Waals surface area contributed by atoms with E-state index in [1.54, 1.807) is 0 Å². The van der Waals surface area contributed by atoms with Crippen LogP contribution in [0, 0.1) is 11.2 Å².